The van der Waals surface area contributed by atoms with E-state index >= 15 is 0 Å². The number of methoxy groups -OCH3 is 1. The van der Waals surface area contributed by atoms with Crippen LogP contribution in [0.4, 0.5) is 5.69 Å². The molecule has 1 aliphatic heterocycles. The van der Waals surface area contributed by atoms with Crippen LogP contribution in [0, 0.1) is 0 Å². The number of fused-ring (bicyclic) bond motifs is 1. The zero-order chi connectivity index (χ0) is 18.9. The summed E-state index contributed by atoms with van der Waals surface area (Å²) < 4.78 is 4.60. The second-order valence-corrected chi connectivity index (χ2v) is 8.20. The summed E-state index contributed by atoms with van der Waals surface area (Å²) in [5, 5.41) is 0. The predicted molar refractivity (Wildman–Crippen MR) is 110 cm³/mol. The molecule has 3 nitrogen and oxygen atoms in total. The van der Waals surface area contributed by atoms with Crippen molar-refractivity contribution in [3.8, 4) is 5.75 Å². The van der Waals surface area contributed by atoms with Gasteiger partial charge >= 0.3 is 0 Å². The summed E-state index contributed by atoms with van der Waals surface area (Å²) in [6.07, 6.45) is 0. The van der Waals surface area contributed by atoms with Gasteiger partial charge in [0.25, 0.3) is 0 Å². The lowest BCUT2D eigenvalue weighted by Crippen LogP contribution is -2.35. The van der Waals surface area contributed by atoms with Crippen molar-refractivity contribution in [1.29, 1.82) is 0 Å². The van der Waals surface area contributed by atoms with Crippen LogP contribution in [-0.2, 0) is 16.1 Å². The normalized spacial score (nSPS) is 18.4. The summed E-state index contributed by atoms with van der Waals surface area (Å²) in [5.41, 5.74) is 3.13. The third-order valence-corrected chi connectivity index (χ3v) is 6.24. The molecule has 0 aliphatic carbocycles. The highest BCUT2D eigenvalue weighted by Crippen LogP contribution is 2.51. The molecule has 1 atom stereocenters. The zero-order valence-electron chi connectivity index (χ0n) is 15.4. The number of carbonyl (C=O) groups is 1. The van der Waals surface area contributed by atoms with Gasteiger partial charge in [-0.3, -0.25) is 4.79 Å². The number of nitrogens with zero attached hydrogens (tertiary/aromatic N) is 1. The standard InChI is InChI=1S/C23H21NO2S/c1-23(27-19-8-4-3-5-9-19)20-10-6-7-11-21(20)24(22(23)25)16-17-12-14-18(26-2)15-13-17/h3-15H,16H2,1-2H3. The predicted octanol–water partition coefficient (Wildman–Crippen LogP) is 5.25. The lowest BCUT2D eigenvalue weighted by Gasteiger charge is -2.24. The van der Waals surface area contributed by atoms with Gasteiger partial charge in [0.05, 0.1) is 13.7 Å². The fraction of sp³-hybridized carbons (Fsp3) is 0.174. The summed E-state index contributed by atoms with van der Waals surface area (Å²) in [5.74, 6) is 0.935. The first-order chi connectivity index (χ1) is 13.1. The minimum atomic E-state index is -0.635. The van der Waals surface area contributed by atoms with Crippen LogP contribution in [0.2, 0.25) is 0 Å². The van der Waals surface area contributed by atoms with E-state index in [1.807, 2.05) is 72.5 Å². The number of ether oxygens (including phenoxy) is 1. The molecule has 0 fully saturated rings. The molecule has 0 N–H and O–H groups in total. The van der Waals surface area contributed by atoms with Crippen LogP contribution in [0.15, 0.2) is 83.8 Å². The topological polar surface area (TPSA) is 29.5 Å². The molecule has 3 aromatic rings. The third-order valence-electron chi connectivity index (χ3n) is 4.93. The van der Waals surface area contributed by atoms with E-state index in [1.54, 1.807) is 18.9 Å². The molecule has 1 amide bonds. The average Bonchev–Trinajstić information content (AvgIpc) is 2.91. The highest BCUT2D eigenvalue weighted by Gasteiger charge is 2.48. The maximum absolute atomic E-state index is 13.5. The summed E-state index contributed by atoms with van der Waals surface area (Å²) >= 11 is 1.61. The lowest BCUT2D eigenvalue weighted by atomic mass is 10.0. The van der Waals surface area contributed by atoms with Crippen LogP contribution in [0.5, 0.6) is 5.75 Å². The molecular formula is C23H21NO2S. The molecule has 0 bridgehead atoms. The number of anilines is 1. The van der Waals surface area contributed by atoms with Crippen molar-refractivity contribution in [3.63, 3.8) is 0 Å². The maximum Gasteiger partial charge on any atom is 0.248 e. The van der Waals surface area contributed by atoms with Crippen molar-refractivity contribution in [2.45, 2.75) is 23.1 Å². The van der Waals surface area contributed by atoms with Gasteiger partial charge in [0, 0.05) is 16.1 Å². The van der Waals surface area contributed by atoms with Crippen LogP contribution in [0.3, 0.4) is 0 Å². The van der Waals surface area contributed by atoms with Gasteiger partial charge in [-0.25, -0.2) is 0 Å². The minimum Gasteiger partial charge on any atom is -0.497 e. The number of hydrogen-bond donors (Lipinski definition) is 0. The Morgan fingerprint density at radius 2 is 1.59 bits per heavy atom. The van der Waals surface area contributed by atoms with Crippen molar-refractivity contribution in [3.05, 3.63) is 90.0 Å². The van der Waals surface area contributed by atoms with Gasteiger partial charge < -0.3 is 9.64 Å². The van der Waals surface area contributed by atoms with E-state index < -0.39 is 4.75 Å². The van der Waals surface area contributed by atoms with E-state index in [9.17, 15) is 4.79 Å². The van der Waals surface area contributed by atoms with Gasteiger partial charge in [0.1, 0.15) is 10.5 Å². The molecule has 1 unspecified atom stereocenters. The smallest absolute Gasteiger partial charge is 0.248 e. The first kappa shape index (κ1) is 17.7. The van der Waals surface area contributed by atoms with Crippen LogP contribution in [-0.4, -0.2) is 13.0 Å². The molecule has 0 radical (unpaired) electrons. The van der Waals surface area contributed by atoms with Crippen molar-refractivity contribution in [2.24, 2.45) is 0 Å². The Labute approximate surface area is 164 Å². The van der Waals surface area contributed by atoms with Crippen molar-refractivity contribution in [1.82, 2.24) is 0 Å². The zero-order valence-corrected chi connectivity index (χ0v) is 16.2. The van der Waals surface area contributed by atoms with Crippen LogP contribution in [0.1, 0.15) is 18.1 Å². The highest BCUT2D eigenvalue weighted by atomic mass is 32.2. The number of rotatable bonds is 5. The van der Waals surface area contributed by atoms with E-state index in [0.717, 1.165) is 27.5 Å². The van der Waals surface area contributed by atoms with E-state index in [2.05, 4.69) is 18.2 Å². The van der Waals surface area contributed by atoms with E-state index in [4.69, 9.17) is 4.74 Å². The van der Waals surface area contributed by atoms with Crippen LogP contribution >= 0.6 is 11.8 Å². The van der Waals surface area contributed by atoms with Gasteiger partial charge in [0.15, 0.2) is 0 Å². The number of amides is 1. The minimum absolute atomic E-state index is 0.119. The Hall–Kier alpha value is -2.72. The molecule has 4 rings (SSSR count). The van der Waals surface area contributed by atoms with Gasteiger partial charge in [-0.15, -0.1) is 11.8 Å². The van der Waals surface area contributed by atoms with Crippen molar-refractivity contribution >= 4 is 23.4 Å². The SMILES string of the molecule is COc1ccc(CN2C(=O)C(C)(Sc3ccccc3)c3ccccc32)cc1. The Balaban J connectivity index is 1.68. The van der Waals surface area contributed by atoms with E-state index in [1.165, 1.54) is 0 Å². The summed E-state index contributed by atoms with van der Waals surface area (Å²) in [6.45, 7) is 2.57. The van der Waals surface area contributed by atoms with Crippen LogP contribution < -0.4 is 9.64 Å². The molecule has 27 heavy (non-hydrogen) atoms. The fourth-order valence-electron chi connectivity index (χ4n) is 3.49. The van der Waals surface area contributed by atoms with Crippen LogP contribution in [0.25, 0.3) is 0 Å². The molecule has 1 aliphatic rings. The third kappa shape index (κ3) is 3.21. The summed E-state index contributed by atoms with van der Waals surface area (Å²) in [6, 6.07) is 26.1. The summed E-state index contributed by atoms with van der Waals surface area (Å²) in [4.78, 5) is 16.5. The Kier molecular flexibility index (Phi) is 4.66. The number of benzene rings is 3. The first-order valence-electron chi connectivity index (χ1n) is 8.90. The second kappa shape index (κ2) is 7.12. The van der Waals surface area contributed by atoms with Gasteiger partial charge in [-0.1, -0.05) is 48.5 Å². The number of para-hydroxylation sites is 1. The van der Waals surface area contributed by atoms with Crippen molar-refractivity contribution in [2.75, 3.05) is 12.0 Å². The molecule has 0 aromatic heterocycles. The molecule has 3 aromatic carbocycles. The molecule has 0 saturated heterocycles. The maximum atomic E-state index is 13.5. The van der Waals surface area contributed by atoms with E-state index in [0.29, 0.717) is 6.54 Å². The quantitative estimate of drug-likeness (QED) is 0.610. The first-order valence-corrected chi connectivity index (χ1v) is 9.72. The molecular weight excluding hydrogens is 354 g/mol. The fourth-order valence-corrected chi connectivity index (χ4v) is 4.73. The molecule has 0 spiro atoms. The Morgan fingerprint density at radius 1 is 0.926 bits per heavy atom. The summed E-state index contributed by atoms with van der Waals surface area (Å²) in [7, 11) is 1.65. The average molecular weight is 375 g/mol. The number of thioether (sulfide) groups is 1. The molecule has 4 heteroatoms. The monoisotopic (exact) mass is 375 g/mol. The molecule has 1 heterocycles. The van der Waals surface area contributed by atoms with Gasteiger partial charge in [-0.2, -0.15) is 0 Å². The lowest BCUT2D eigenvalue weighted by molar-refractivity contribution is -0.120. The number of carbonyl (C=O) groups excluding carboxylic acids is 1. The van der Waals surface area contributed by atoms with Gasteiger partial charge in [-0.05, 0) is 42.8 Å². The van der Waals surface area contributed by atoms with Gasteiger partial charge in [0.2, 0.25) is 5.91 Å². The van der Waals surface area contributed by atoms with Crippen molar-refractivity contribution < 1.29 is 9.53 Å². The number of hydrogen-bond acceptors (Lipinski definition) is 3. The molecule has 0 saturated carbocycles. The Bertz CT molecular complexity index is 956. The highest BCUT2D eigenvalue weighted by molar-refractivity contribution is 8.01. The Morgan fingerprint density at radius 3 is 2.30 bits per heavy atom. The van der Waals surface area contributed by atoms with E-state index in [-0.39, 0.29) is 5.91 Å². The molecule has 136 valence electrons. The second-order valence-electron chi connectivity index (χ2n) is 6.70. The largest absolute Gasteiger partial charge is 0.497 e.